The van der Waals surface area contributed by atoms with Crippen LogP contribution in [0.4, 0.5) is 5.69 Å². The molecule has 1 N–H and O–H groups in total. The maximum absolute atomic E-state index is 12.1. The van der Waals surface area contributed by atoms with E-state index in [1.54, 1.807) is 0 Å². The van der Waals surface area contributed by atoms with Gasteiger partial charge in [0.25, 0.3) is 11.6 Å². The lowest BCUT2D eigenvalue weighted by molar-refractivity contribution is -0.384. The molecule has 114 valence electrons. The summed E-state index contributed by atoms with van der Waals surface area (Å²) in [6.45, 7) is 4.91. The van der Waals surface area contributed by atoms with E-state index in [9.17, 15) is 14.9 Å². The predicted octanol–water partition coefficient (Wildman–Crippen LogP) is 2.46. The number of likely N-dealkylation sites (tertiary alicyclic amines) is 1. The molecule has 0 bridgehead atoms. The van der Waals surface area contributed by atoms with Gasteiger partial charge in [0.05, 0.1) is 4.92 Å². The fourth-order valence-corrected chi connectivity index (χ4v) is 2.75. The highest BCUT2D eigenvalue weighted by molar-refractivity contribution is 6.33. The minimum absolute atomic E-state index is 0.0181. The summed E-state index contributed by atoms with van der Waals surface area (Å²) in [7, 11) is 0. The first-order valence-electron chi connectivity index (χ1n) is 6.94. The maximum Gasteiger partial charge on any atom is 0.287 e. The second-order valence-corrected chi connectivity index (χ2v) is 5.71. The third-order valence-corrected chi connectivity index (χ3v) is 3.82. The first-order valence-corrected chi connectivity index (χ1v) is 7.32. The largest absolute Gasteiger partial charge is 0.348 e. The summed E-state index contributed by atoms with van der Waals surface area (Å²) in [6.07, 6.45) is 2.41. The van der Waals surface area contributed by atoms with Crippen LogP contribution in [0.5, 0.6) is 0 Å². The predicted molar refractivity (Wildman–Crippen MR) is 80.7 cm³/mol. The van der Waals surface area contributed by atoms with Crippen LogP contribution in [-0.4, -0.2) is 41.4 Å². The van der Waals surface area contributed by atoms with Crippen LogP contribution in [0.3, 0.4) is 0 Å². The van der Waals surface area contributed by atoms with Gasteiger partial charge in [-0.25, -0.2) is 0 Å². The standard InChI is InChI=1S/C14H18ClN3O3/c1-10(9-17-6-2-3-7-17)16-14(19)11-4-5-13(18(20)21)12(15)8-11/h4-5,8,10H,2-3,6-7,9H2,1H3,(H,16,19). The summed E-state index contributed by atoms with van der Waals surface area (Å²) in [6, 6.07) is 4.02. The van der Waals surface area contributed by atoms with Gasteiger partial charge in [-0.05, 0) is 45.0 Å². The summed E-state index contributed by atoms with van der Waals surface area (Å²) < 4.78 is 0. The number of rotatable bonds is 5. The van der Waals surface area contributed by atoms with E-state index in [4.69, 9.17) is 11.6 Å². The number of nitrogens with one attached hydrogen (secondary N) is 1. The molecule has 0 aromatic heterocycles. The van der Waals surface area contributed by atoms with Gasteiger partial charge in [-0.3, -0.25) is 14.9 Å². The Morgan fingerprint density at radius 1 is 1.48 bits per heavy atom. The fraction of sp³-hybridized carbons (Fsp3) is 0.500. The molecule has 1 heterocycles. The van der Waals surface area contributed by atoms with Crippen molar-refractivity contribution in [2.75, 3.05) is 19.6 Å². The van der Waals surface area contributed by atoms with Crippen molar-refractivity contribution in [3.63, 3.8) is 0 Å². The zero-order chi connectivity index (χ0) is 15.4. The van der Waals surface area contributed by atoms with Crippen LogP contribution in [0.1, 0.15) is 30.1 Å². The smallest absolute Gasteiger partial charge is 0.287 e. The Morgan fingerprint density at radius 2 is 2.14 bits per heavy atom. The van der Waals surface area contributed by atoms with Crippen molar-refractivity contribution in [2.45, 2.75) is 25.8 Å². The lowest BCUT2D eigenvalue weighted by atomic mass is 10.2. The summed E-state index contributed by atoms with van der Waals surface area (Å²) in [5, 5.41) is 13.6. The molecule has 1 unspecified atom stereocenters. The number of hydrogen-bond donors (Lipinski definition) is 1. The van der Waals surface area contributed by atoms with E-state index in [1.807, 2.05) is 6.92 Å². The monoisotopic (exact) mass is 311 g/mol. The van der Waals surface area contributed by atoms with Gasteiger partial charge in [0, 0.05) is 24.2 Å². The SMILES string of the molecule is CC(CN1CCCC1)NC(=O)c1ccc([N+](=O)[O-])c(Cl)c1. The van der Waals surface area contributed by atoms with Crippen LogP contribution in [0.25, 0.3) is 0 Å². The third kappa shape index (κ3) is 4.15. The Balaban J connectivity index is 1.96. The molecule has 1 amide bonds. The van der Waals surface area contributed by atoms with Crippen LogP contribution in [0.2, 0.25) is 5.02 Å². The van der Waals surface area contributed by atoms with E-state index < -0.39 is 4.92 Å². The molecule has 6 nitrogen and oxygen atoms in total. The first-order chi connectivity index (χ1) is 9.97. The molecule has 1 aromatic carbocycles. The number of benzene rings is 1. The molecule has 7 heteroatoms. The van der Waals surface area contributed by atoms with Crippen molar-refractivity contribution in [1.29, 1.82) is 0 Å². The van der Waals surface area contributed by atoms with Crippen LogP contribution in [0, 0.1) is 10.1 Å². The van der Waals surface area contributed by atoms with Crippen LogP contribution in [0.15, 0.2) is 18.2 Å². The summed E-state index contributed by atoms with van der Waals surface area (Å²) in [5.41, 5.74) is 0.136. The molecule has 0 spiro atoms. The van der Waals surface area contributed by atoms with E-state index in [0.29, 0.717) is 5.56 Å². The molecule has 21 heavy (non-hydrogen) atoms. The Kier molecular flexibility index (Phi) is 5.14. The summed E-state index contributed by atoms with van der Waals surface area (Å²) in [5.74, 6) is -0.265. The zero-order valence-corrected chi connectivity index (χ0v) is 12.6. The summed E-state index contributed by atoms with van der Waals surface area (Å²) >= 11 is 5.81. The van der Waals surface area contributed by atoms with Crippen LogP contribution in [-0.2, 0) is 0 Å². The van der Waals surface area contributed by atoms with Gasteiger partial charge in [-0.2, -0.15) is 0 Å². The van der Waals surface area contributed by atoms with Gasteiger partial charge >= 0.3 is 0 Å². The molecular weight excluding hydrogens is 294 g/mol. The van der Waals surface area contributed by atoms with Gasteiger partial charge in [-0.1, -0.05) is 11.6 Å². The highest BCUT2D eigenvalue weighted by Crippen LogP contribution is 2.24. The minimum atomic E-state index is -0.569. The number of nitrogens with zero attached hydrogens (tertiary/aromatic N) is 2. The van der Waals surface area contributed by atoms with E-state index in [2.05, 4.69) is 10.2 Å². The van der Waals surface area contributed by atoms with Crippen LogP contribution < -0.4 is 5.32 Å². The van der Waals surface area contributed by atoms with Gasteiger partial charge in [0.15, 0.2) is 0 Å². The number of carbonyl (C=O) groups excluding carboxylic acids is 1. The Bertz CT molecular complexity index is 544. The first kappa shape index (κ1) is 15.7. The van der Waals surface area contributed by atoms with Gasteiger partial charge in [0.1, 0.15) is 5.02 Å². The number of hydrogen-bond acceptors (Lipinski definition) is 4. The lowest BCUT2D eigenvalue weighted by Gasteiger charge is -2.21. The fourth-order valence-electron chi connectivity index (χ4n) is 2.50. The van der Waals surface area contributed by atoms with E-state index in [-0.39, 0.29) is 22.7 Å². The molecule has 1 aliphatic heterocycles. The van der Waals surface area contributed by atoms with E-state index in [0.717, 1.165) is 19.6 Å². The topological polar surface area (TPSA) is 75.5 Å². The van der Waals surface area contributed by atoms with Crippen molar-refractivity contribution in [2.24, 2.45) is 0 Å². The van der Waals surface area contributed by atoms with Crippen molar-refractivity contribution in [3.05, 3.63) is 38.9 Å². The Labute approximate surface area is 128 Å². The van der Waals surface area contributed by atoms with Gasteiger partial charge < -0.3 is 10.2 Å². The number of nitro benzene ring substituents is 1. The maximum atomic E-state index is 12.1. The van der Waals surface area contributed by atoms with Crippen LogP contribution >= 0.6 is 11.6 Å². The zero-order valence-electron chi connectivity index (χ0n) is 11.8. The molecule has 1 atom stereocenters. The second-order valence-electron chi connectivity index (χ2n) is 5.31. The van der Waals surface area contributed by atoms with Gasteiger partial charge in [-0.15, -0.1) is 0 Å². The second kappa shape index (κ2) is 6.87. The normalized spacial score (nSPS) is 16.7. The molecule has 2 rings (SSSR count). The molecule has 1 aliphatic rings. The summed E-state index contributed by atoms with van der Waals surface area (Å²) in [4.78, 5) is 24.5. The average Bonchev–Trinajstić information content (AvgIpc) is 2.90. The number of carbonyl (C=O) groups is 1. The number of nitro groups is 1. The molecule has 0 radical (unpaired) electrons. The van der Waals surface area contributed by atoms with Crippen molar-refractivity contribution < 1.29 is 9.72 Å². The molecule has 0 aliphatic carbocycles. The lowest BCUT2D eigenvalue weighted by Crippen LogP contribution is -2.41. The highest BCUT2D eigenvalue weighted by atomic mass is 35.5. The van der Waals surface area contributed by atoms with Gasteiger partial charge in [0.2, 0.25) is 0 Å². The highest BCUT2D eigenvalue weighted by Gasteiger charge is 2.18. The Hall–Kier alpha value is -1.66. The van der Waals surface area contributed by atoms with E-state index >= 15 is 0 Å². The van der Waals surface area contributed by atoms with Crippen molar-refractivity contribution >= 4 is 23.2 Å². The van der Waals surface area contributed by atoms with Crippen molar-refractivity contribution in [1.82, 2.24) is 10.2 Å². The molecule has 1 fully saturated rings. The van der Waals surface area contributed by atoms with E-state index in [1.165, 1.54) is 31.0 Å². The average molecular weight is 312 g/mol. The van der Waals surface area contributed by atoms with Crippen molar-refractivity contribution in [3.8, 4) is 0 Å². The quantitative estimate of drug-likeness (QED) is 0.669. The third-order valence-electron chi connectivity index (χ3n) is 3.51. The Morgan fingerprint density at radius 3 is 2.71 bits per heavy atom. The molecule has 1 saturated heterocycles. The number of amides is 1. The molecular formula is C14H18ClN3O3. The molecule has 1 aromatic rings. The minimum Gasteiger partial charge on any atom is -0.348 e. The number of halogens is 1. The molecule has 0 saturated carbocycles.